The third-order valence-electron chi connectivity index (χ3n) is 2.32. The van der Waals surface area contributed by atoms with Crippen LogP contribution in [0.4, 0.5) is 0 Å². The molecule has 0 spiro atoms. The Labute approximate surface area is 108 Å². The first-order valence-corrected chi connectivity index (χ1v) is 5.78. The molecule has 0 saturated carbocycles. The van der Waals surface area contributed by atoms with E-state index in [0.717, 1.165) is 0 Å². The van der Waals surface area contributed by atoms with Crippen LogP contribution in [0, 0.1) is 0 Å². The second kappa shape index (κ2) is 4.55. The molecule has 17 heavy (non-hydrogen) atoms. The number of rotatable bonds is 3. The molecule has 0 N–H and O–H groups in total. The first-order chi connectivity index (χ1) is 8.02. The summed E-state index contributed by atoms with van der Waals surface area (Å²) in [7, 11) is 0. The van der Waals surface area contributed by atoms with Gasteiger partial charge in [-0.25, -0.2) is 0 Å². The molecule has 0 fully saturated rings. The van der Waals surface area contributed by atoms with Gasteiger partial charge in [-0.3, -0.25) is 9.48 Å². The van der Waals surface area contributed by atoms with Crippen molar-refractivity contribution < 1.29 is 9.21 Å². The molecular formula is C11H10Cl2N2O2. The molecule has 0 atom stereocenters. The summed E-state index contributed by atoms with van der Waals surface area (Å²) in [5.41, 5.74) is 0.612. The summed E-state index contributed by atoms with van der Waals surface area (Å²) >= 11 is 11.8. The van der Waals surface area contributed by atoms with E-state index in [1.165, 1.54) is 18.5 Å². The van der Waals surface area contributed by atoms with Gasteiger partial charge in [-0.2, -0.15) is 5.10 Å². The van der Waals surface area contributed by atoms with Gasteiger partial charge >= 0.3 is 0 Å². The molecule has 4 nitrogen and oxygen atoms in total. The van der Waals surface area contributed by atoms with Gasteiger partial charge in [-0.05, 0) is 31.5 Å². The highest BCUT2D eigenvalue weighted by molar-refractivity contribution is 6.37. The Morgan fingerprint density at radius 3 is 2.71 bits per heavy atom. The molecule has 0 aliphatic heterocycles. The Morgan fingerprint density at radius 1 is 1.47 bits per heavy atom. The van der Waals surface area contributed by atoms with E-state index < -0.39 is 0 Å². The van der Waals surface area contributed by atoms with E-state index in [4.69, 9.17) is 27.6 Å². The number of hydrogen-bond acceptors (Lipinski definition) is 3. The van der Waals surface area contributed by atoms with Crippen molar-refractivity contribution >= 4 is 29.0 Å². The topological polar surface area (TPSA) is 48.0 Å². The predicted molar refractivity (Wildman–Crippen MR) is 64.8 cm³/mol. The number of carbonyl (C=O) groups excluding carboxylic acids is 1. The zero-order chi connectivity index (χ0) is 12.6. The van der Waals surface area contributed by atoms with Crippen LogP contribution in [0.25, 0.3) is 0 Å². The third-order valence-corrected chi connectivity index (χ3v) is 2.89. The van der Waals surface area contributed by atoms with Crippen molar-refractivity contribution in [1.29, 1.82) is 0 Å². The Bertz CT molecular complexity index is 558. The van der Waals surface area contributed by atoms with Crippen LogP contribution in [0.5, 0.6) is 0 Å². The Morgan fingerprint density at radius 2 is 2.18 bits per heavy atom. The molecule has 0 amide bonds. The van der Waals surface area contributed by atoms with Crippen LogP contribution >= 0.6 is 23.2 Å². The molecule has 2 rings (SSSR count). The van der Waals surface area contributed by atoms with Crippen LogP contribution in [0.2, 0.25) is 10.2 Å². The van der Waals surface area contributed by atoms with Gasteiger partial charge in [0.1, 0.15) is 5.69 Å². The maximum atomic E-state index is 12.2. The van der Waals surface area contributed by atoms with Gasteiger partial charge in [0.2, 0.25) is 11.0 Å². The summed E-state index contributed by atoms with van der Waals surface area (Å²) in [6, 6.07) is 1.55. The predicted octanol–water partition coefficient (Wildman–Crippen LogP) is 3.59. The monoisotopic (exact) mass is 272 g/mol. The molecule has 0 radical (unpaired) electrons. The van der Waals surface area contributed by atoms with Crippen LogP contribution in [0.15, 0.2) is 22.9 Å². The SMILES string of the molecule is CC(C)n1ncc(Cl)c1C(=O)c1ccoc1Cl. The van der Waals surface area contributed by atoms with Crippen LogP contribution in [-0.4, -0.2) is 15.6 Å². The molecule has 0 unspecified atom stereocenters. The zero-order valence-electron chi connectivity index (χ0n) is 9.28. The fourth-order valence-electron chi connectivity index (χ4n) is 1.53. The summed E-state index contributed by atoms with van der Waals surface area (Å²) < 4.78 is 6.46. The van der Waals surface area contributed by atoms with E-state index in [9.17, 15) is 4.79 Å². The summed E-state index contributed by atoms with van der Waals surface area (Å²) in [6.45, 7) is 3.83. The minimum Gasteiger partial charge on any atom is -0.452 e. The summed E-state index contributed by atoms with van der Waals surface area (Å²) in [4.78, 5) is 12.2. The largest absolute Gasteiger partial charge is 0.452 e. The minimum atomic E-state index is -0.292. The van der Waals surface area contributed by atoms with Gasteiger partial charge in [-0.1, -0.05) is 11.6 Å². The average Bonchev–Trinajstić information content (AvgIpc) is 2.83. The molecule has 0 aliphatic rings. The van der Waals surface area contributed by atoms with Crippen molar-refractivity contribution in [2.75, 3.05) is 0 Å². The van der Waals surface area contributed by atoms with Crippen LogP contribution in [-0.2, 0) is 0 Å². The molecule has 0 bridgehead atoms. The highest BCUT2D eigenvalue weighted by atomic mass is 35.5. The average molecular weight is 273 g/mol. The second-order valence-corrected chi connectivity index (χ2v) is 4.57. The van der Waals surface area contributed by atoms with Gasteiger partial charge in [0.15, 0.2) is 0 Å². The van der Waals surface area contributed by atoms with Crippen molar-refractivity contribution in [3.05, 3.63) is 40.0 Å². The van der Waals surface area contributed by atoms with Crippen molar-refractivity contribution in [1.82, 2.24) is 9.78 Å². The lowest BCUT2D eigenvalue weighted by Gasteiger charge is -2.09. The lowest BCUT2D eigenvalue weighted by molar-refractivity contribution is 0.102. The number of ketones is 1. The molecule has 2 heterocycles. The van der Waals surface area contributed by atoms with Crippen molar-refractivity contribution in [3.8, 4) is 0 Å². The highest BCUT2D eigenvalue weighted by Gasteiger charge is 2.23. The molecule has 0 aromatic carbocycles. The molecule has 90 valence electrons. The van der Waals surface area contributed by atoms with E-state index in [0.29, 0.717) is 10.7 Å². The first-order valence-electron chi connectivity index (χ1n) is 5.03. The van der Waals surface area contributed by atoms with Crippen LogP contribution in [0.3, 0.4) is 0 Å². The lowest BCUT2D eigenvalue weighted by atomic mass is 10.1. The molecule has 6 heteroatoms. The zero-order valence-corrected chi connectivity index (χ0v) is 10.8. The van der Waals surface area contributed by atoms with Gasteiger partial charge in [0.05, 0.1) is 23.0 Å². The van der Waals surface area contributed by atoms with Crippen LogP contribution < -0.4 is 0 Å². The molecule has 0 saturated heterocycles. The van der Waals surface area contributed by atoms with Gasteiger partial charge in [0.25, 0.3) is 0 Å². The minimum absolute atomic E-state index is 0.0344. The summed E-state index contributed by atoms with van der Waals surface area (Å²) in [5, 5.41) is 4.43. The first kappa shape index (κ1) is 12.2. The number of aromatic nitrogens is 2. The maximum Gasteiger partial charge on any atom is 0.217 e. The smallest absolute Gasteiger partial charge is 0.217 e. The number of halogens is 2. The molecule has 2 aromatic rings. The van der Waals surface area contributed by atoms with Gasteiger partial charge in [0, 0.05) is 6.04 Å². The number of furan rings is 1. The van der Waals surface area contributed by atoms with Gasteiger partial charge < -0.3 is 4.42 Å². The van der Waals surface area contributed by atoms with Crippen molar-refractivity contribution in [2.45, 2.75) is 19.9 Å². The summed E-state index contributed by atoms with van der Waals surface area (Å²) in [6.07, 6.45) is 2.81. The third kappa shape index (κ3) is 2.10. The Kier molecular flexibility index (Phi) is 3.26. The van der Waals surface area contributed by atoms with Crippen molar-refractivity contribution in [2.24, 2.45) is 0 Å². The van der Waals surface area contributed by atoms with E-state index in [1.54, 1.807) is 4.68 Å². The number of hydrogen-bond donors (Lipinski definition) is 0. The Hall–Kier alpha value is -1.26. The molecule has 0 aliphatic carbocycles. The molecule has 2 aromatic heterocycles. The normalized spacial score (nSPS) is 11.1. The fraction of sp³-hybridized carbons (Fsp3) is 0.273. The molecular weight excluding hydrogens is 263 g/mol. The van der Waals surface area contributed by atoms with Gasteiger partial charge in [-0.15, -0.1) is 0 Å². The van der Waals surface area contributed by atoms with E-state index in [2.05, 4.69) is 5.10 Å². The quantitative estimate of drug-likeness (QED) is 0.803. The van der Waals surface area contributed by atoms with Crippen LogP contribution in [0.1, 0.15) is 35.9 Å². The lowest BCUT2D eigenvalue weighted by Crippen LogP contribution is -2.13. The van der Waals surface area contributed by atoms with E-state index in [1.807, 2.05) is 13.8 Å². The Balaban J connectivity index is 2.51. The van der Waals surface area contributed by atoms with E-state index >= 15 is 0 Å². The van der Waals surface area contributed by atoms with Crippen molar-refractivity contribution in [3.63, 3.8) is 0 Å². The summed E-state index contributed by atoms with van der Waals surface area (Å²) in [5.74, 6) is -0.292. The maximum absolute atomic E-state index is 12.2. The standard InChI is InChI=1S/C11H10Cl2N2O2/c1-6(2)15-9(8(12)5-14-15)10(16)7-3-4-17-11(7)13/h3-6H,1-2H3. The highest BCUT2D eigenvalue weighted by Crippen LogP contribution is 2.26. The number of carbonyl (C=O) groups is 1. The fourth-order valence-corrected chi connectivity index (χ4v) is 1.94. The second-order valence-electron chi connectivity index (χ2n) is 3.82. The van der Waals surface area contributed by atoms with E-state index in [-0.39, 0.29) is 22.6 Å². The number of nitrogens with zero attached hydrogens (tertiary/aromatic N) is 2.